The van der Waals surface area contributed by atoms with E-state index in [9.17, 15) is 10.0 Å². The van der Waals surface area contributed by atoms with Gasteiger partial charge in [-0.2, -0.15) is 0 Å². The van der Waals surface area contributed by atoms with E-state index in [1.807, 2.05) is 18.2 Å². The molecule has 0 radical (unpaired) electrons. The predicted octanol–water partition coefficient (Wildman–Crippen LogP) is 1.61. The molecule has 0 heterocycles. The summed E-state index contributed by atoms with van der Waals surface area (Å²) in [6.07, 6.45) is 0. The molecular weight excluding hydrogens is 187 g/mol. The number of hydrogen-bond donors (Lipinski definition) is 2. The molecule has 0 aliphatic heterocycles. The molecule has 3 heteroatoms. The largest absolute Gasteiger partial charge is 0.489 e. The minimum atomic E-state index is -1.37. The van der Waals surface area contributed by atoms with Crippen LogP contribution in [0.3, 0.4) is 0 Å². The molecule has 1 aromatic rings. The molecule has 2 N–H and O–H groups in total. The van der Waals surface area contributed by atoms with Crippen LogP contribution in [0, 0.1) is 0 Å². The average Bonchev–Trinajstić information content (AvgIpc) is 2.16. The molecule has 0 aliphatic rings. The van der Waals surface area contributed by atoms with Crippen LogP contribution >= 0.6 is 0 Å². The van der Waals surface area contributed by atoms with Crippen LogP contribution in [0.25, 0.3) is 0 Å². The average molecular weight is 206 g/mol. The third kappa shape index (κ3) is 2.61. The van der Waals surface area contributed by atoms with E-state index in [0.29, 0.717) is 17.3 Å². The predicted molar refractivity (Wildman–Crippen MR) is 64.4 cm³/mol. The van der Waals surface area contributed by atoms with Crippen LogP contribution in [-0.4, -0.2) is 17.2 Å². The maximum absolute atomic E-state index is 9.44. The van der Waals surface area contributed by atoms with E-state index in [0.717, 1.165) is 11.1 Å². The summed E-state index contributed by atoms with van der Waals surface area (Å²) in [5, 5.41) is 18.9. The lowest BCUT2D eigenvalue weighted by Crippen LogP contribution is -2.37. The summed E-state index contributed by atoms with van der Waals surface area (Å²) in [5.74, 6) is 0.612. The lowest BCUT2D eigenvalue weighted by molar-refractivity contribution is 0.424. The first-order chi connectivity index (χ1) is 6.95. The normalized spacial score (nSPS) is 11.2. The summed E-state index contributed by atoms with van der Waals surface area (Å²) in [6.45, 7) is 8.24. The van der Waals surface area contributed by atoms with Gasteiger partial charge in [0.15, 0.2) is 0 Å². The standard InChI is InChI=1S/C12H19BO2/c1-8(2)10-6-5-7-11(9(3)4)12(10)13(14)15/h5-9,14-15H,1-4H3. The smallest absolute Gasteiger partial charge is 0.423 e. The Morgan fingerprint density at radius 1 is 0.933 bits per heavy atom. The van der Waals surface area contributed by atoms with Gasteiger partial charge in [0.05, 0.1) is 0 Å². The SMILES string of the molecule is CC(C)c1cccc(C(C)C)c1B(O)O. The zero-order valence-corrected chi connectivity index (χ0v) is 9.86. The molecule has 0 saturated heterocycles. The van der Waals surface area contributed by atoms with Crippen molar-refractivity contribution in [1.82, 2.24) is 0 Å². The lowest BCUT2D eigenvalue weighted by Gasteiger charge is -2.18. The lowest BCUT2D eigenvalue weighted by atomic mass is 9.69. The van der Waals surface area contributed by atoms with Crippen LogP contribution in [0.4, 0.5) is 0 Å². The highest BCUT2D eigenvalue weighted by molar-refractivity contribution is 6.59. The Kier molecular flexibility index (Phi) is 3.94. The second kappa shape index (κ2) is 4.82. The van der Waals surface area contributed by atoms with Crippen LogP contribution < -0.4 is 5.46 Å². The maximum atomic E-state index is 9.44. The van der Waals surface area contributed by atoms with Gasteiger partial charge in [0.1, 0.15) is 0 Å². The van der Waals surface area contributed by atoms with Gasteiger partial charge in [0.2, 0.25) is 0 Å². The Morgan fingerprint density at radius 3 is 1.60 bits per heavy atom. The summed E-state index contributed by atoms with van der Waals surface area (Å²) in [7, 11) is -1.37. The number of benzene rings is 1. The van der Waals surface area contributed by atoms with Crippen molar-refractivity contribution in [1.29, 1.82) is 0 Å². The molecule has 0 atom stereocenters. The maximum Gasteiger partial charge on any atom is 0.489 e. The third-order valence-corrected chi connectivity index (χ3v) is 2.68. The molecular formula is C12H19BO2. The van der Waals surface area contributed by atoms with Gasteiger partial charge in [-0.3, -0.25) is 0 Å². The summed E-state index contributed by atoms with van der Waals surface area (Å²) in [5.41, 5.74) is 2.73. The van der Waals surface area contributed by atoms with Gasteiger partial charge in [-0.05, 0) is 28.4 Å². The second-order valence-corrected chi connectivity index (χ2v) is 4.53. The number of rotatable bonds is 3. The van der Waals surface area contributed by atoms with Crippen molar-refractivity contribution >= 4 is 12.6 Å². The molecule has 0 aliphatic carbocycles. The van der Waals surface area contributed by atoms with Gasteiger partial charge in [-0.25, -0.2) is 0 Å². The van der Waals surface area contributed by atoms with Crippen molar-refractivity contribution in [3.63, 3.8) is 0 Å². The summed E-state index contributed by atoms with van der Waals surface area (Å²) < 4.78 is 0. The summed E-state index contributed by atoms with van der Waals surface area (Å²) in [6, 6.07) is 5.91. The van der Waals surface area contributed by atoms with Crippen LogP contribution in [0.15, 0.2) is 18.2 Å². The zero-order valence-electron chi connectivity index (χ0n) is 9.86. The van der Waals surface area contributed by atoms with Crippen LogP contribution in [0.5, 0.6) is 0 Å². The monoisotopic (exact) mass is 206 g/mol. The minimum Gasteiger partial charge on any atom is -0.423 e. The Bertz CT molecular complexity index is 306. The first-order valence-corrected chi connectivity index (χ1v) is 5.44. The van der Waals surface area contributed by atoms with Crippen LogP contribution in [0.2, 0.25) is 0 Å². The van der Waals surface area contributed by atoms with E-state index < -0.39 is 7.12 Å². The molecule has 0 saturated carbocycles. The number of hydrogen-bond acceptors (Lipinski definition) is 2. The Hall–Kier alpha value is -0.795. The molecule has 82 valence electrons. The third-order valence-electron chi connectivity index (χ3n) is 2.68. The van der Waals surface area contributed by atoms with Crippen molar-refractivity contribution in [2.75, 3.05) is 0 Å². The highest BCUT2D eigenvalue weighted by Crippen LogP contribution is 2.19. The fraction of sp³-hybridized carbons (Fsp3) is 0.500. The quantitative estimate of drug-likeness (QED) is 0.737. The van der Waals surface area contributed by atoms with E-state index in [1.165, 1.54) is 0 Å². The highest BCUT2D eigenvalue weighted by Gasteiger charge is 2.22. The fourth-order valence-electron chi connectivity index (χ4n) is 1.91. The Labute approximate surface area is 92.1 Å². The summed E-state index contributed by atoms with van der Waals surface area (Å²) in [4.78, 5) is 0. The van der Waals surface area contributed by atoms with Gasteiger partial charge in [-0.15, -0.1) is 0 Å². The van der Waals surface area contributed by atoms with Gasteiger partial charge < -0.3 is 10.0 Å². The molecule has 15 heavy (non-hydrogen) atoms. The molecule has 0 bridgehead atoms. The fourth-order valence-corrected chi connectivity index (χ4v) is 1.91. The molecule has 0 unspecified atom stereocenters. The van der Waals surface area contributed by atoms with E-state index >= 15 is 0 Å². The zero-order chi connectivity index (χ0) is 11.6. The van der Waals surface area contributed by atoms with E-state index in [-0.39, 0.29) is 0 Å². The molecule has 0 amide bonds. The molecule has 1 aromatic carbocycles. The van der Waals surface area contributed by atoms with Gasteiger partial charge in [-0.1, -0.05) is 45.9 Å². The van der Waals surface area contributed by atoms with Crippen molar-refractivity contribution in [2.24, 2.45) is 0 Å². The van der Waals surface area contributed by atoms with Crippen molar-refractivity contribution < 1.29 is 10.0 Å². The first kappa shape index (κ1) is 12.3. The Morgan fingerprint density at radius 2 is 1.33 bits per heavy atom. The Balaban J connectivity index is 3.35. The first-order valence-electron chi connectivity index (χ1n) is 5.44. The van der Waals surface area contributed by atoms with Crippen molar-refractivity contribution in [3.05, 3.63) is 29.3 Å². The minimum absolute atomic E-state index is 0.306. The topological polar surface area (TPSA) is 40.5 Å². The molecule has 0 spiro atoms. The van der Waals surface area contributed by atoms with E-state index in [1.54, 1.807) is 0 Å². The molecule has 0 fully saturated rings. The summed E-state index contributed by atoms with van der Waals surface area (Å²) >= 11 is 0. The van der Waals surface area contributed by atoms with E-state index in [4.69, 9.17) is 0 Å². The second-order valence-electron chi connectivity index (χ2n) is 4.53. The molecule has 2 nitrogen and oxygen atoms in total. The van der Waals surface area contributed by atoms with Gasteiger partial charge in [0, 0.05) is 0 Å². The van der Waals surface area contributed by atoms with Crippen molar-refractivity contribution in [3.8, 4) is 0 Å². The molecule has 1 rings (SSSR count). The van der Waals surface area contributed by atoms with Crippen LogP contribution in [0.1, 0.15) is 50.7 Å². The van der Waals surface area contributed by atoms with Gasteiger partial charge >= 0.3 is 7.12 Å². The van der Waals surface area contributed by atoms with Gasteiger partial charge in [0.25, 0.3) is 0 Å². The van der Waals surface area contributed by atoms with Crippen molar-refractivity contribution in [2.45, 2.75) is 39.5 Å². The van der Waals surface area contributed by atoms with Crippen LogP contribution in [-0.2, 0) is 0 Å². The molecule has 0 aromatic heterocycles. The highest BCUT2D eigenvalue weighted by atomic mass is 16.4. The van der Waals surface area contributed by atoms with E-state index in [2.05, 4.69) is 27.7 Å².